The van der Waals surface area contributed by atoms with Gasteiger partial charge in [-0.25, -0.2) is 8.42 Å². The highest BCUT2D eigenvalue weighted by Gasteiger charge is 2.07. The Morgan fingerprint density at radius 3 is 2.59 bits per heavy atom. The summed E-state index contributed by atoms with van der Waals surface area (Å²) in [6.07, 6.45) is 1.80. The molecule has 0 aliphatic heterocycles. The number of rotatable bonds is 5. The molecule has 0 amide bonds. The van der Waals surface area contributed by atoms with Gasteiger partial charge in [0, 0.05) is 19.8 Å². The first-order chi connectivity index (χ1) is 7.94. The standard InChI is InChI=1S/C12H16N2O2S/c1-14(8-5-9-17(2,15)16)12-7-4-3-6-11(12)10-13/h3-4,6-7H,5,8-9H2,1-2H3. The quantitative estimate of drug-likeness (QED) is 0.795. The Kier molecular flexibility index (Phi) is 4.53. The smallest absolute Gasteiger partial charge is 0.147 e. The van der Waals surface area contributed by atoms with Crippen LogP contribution in [-0.2, 0) is 9.84 Å². The molecule has 0 aromatic heterocycles. The summed E-state index contributed by atoms with van der Waals surface area (Å²) < 4.78 is 22.0. The van der Waals surface area contributed by atoms with Crippen LogP contribution in [0.2, 0.25) is 0 Å². The van der Waals surface area contributed by atoms with E-state index in [1.54, 1.807) is 6.07 Å². The lowest BCUT2D eigenvalue weighted by atomic mass is 10.2. The molecule has 0 radical (unpaired) electrons. The SMILES string of the molecule is CN(CCCS(C)(=O)=O)c1ccccc1C#N. The minimum atomic E-state index is -2.91. The number of para-hydroxylation sites is 1. The highest BCUT2D eigenvalue weighted by atomic mass is 32.2. The van der Waals surface area contributed by atoms with Crippen molar-refractivity contribution in [2.45, 2.75) is 6.42 Å². The van der Waals surface area contributed by atoms with Gasteiger partial charge in [0.25, 0.3) is 0 Å². The predicted octanol–water partition coefficient (Wildman–Crippen LogP) is 1.43. The van der Waals surface area contributed by atoms with Crippen LogP contribution >= 0.6 is 0 Å². The Morgan fingerprint density at radius 1 is 1.35 bits per heavy atom. The maximum absolute atomic E-state index is 11.0. The van der Waals surface area contributed by atoms with Crippen LogP contribution in [0.15, 0.2) is 24.3 Å². The van der Waals surface area contributed by atoms with Crippen LogP contribution in [-0.4, -0.2) is 34.0 Å². The average Bonchev–Trinajstić information content (AvgIpc) is 2.27. The summed E-state index contributed by atoms with van der Waals surface area (Å²) in [5.74, 6) is 0.173. The third-order valence-electron chi connectivity index (χ3n) is 2.44. The molecule has 0 fully saturated rings. The molecule has 0 N–H and O–H groups in total. The van der Waals surface area contributed by atoms with Gasteiger partial charge in [0.2, 0.25) is 0 Å². The maximum atomic E-state index is 11.0. The van der Waals surface area contributed by atoms with E-state index in [0.717, 1.165) is 5.69 Å². The Bertz CT molecular complexity index is 518. The second-order valence-corrected chi connectivity index (χ2v) is 6.29. The molecule has 0 unspecified atom stereocenters. The fourth-order valence-corrected chi connectivity index (χ4v) is 2.24. The first-order valence-electron chi connectivity index (χ1n) is 5.32. The van der Waals surface area contributed by atoms with Crippen LogP contribution in [0.25, 0.3) is 0 Å². The normalized spacial score (nSPS) is 10.9. The Morgan fingerprint density at radius 2 is 2.00 bits per heavy atom. The third kappa shape index (κ3) is 4.45. The fourth-order valence-electron chi connectivity index (χ4n) is 1.59. The molecule has 1 rings (SSSR count). The molecule has 0 saturated carbocycles. The molecule has 0 aliphatic rings. The van der Waals surface area contributed by atoms with Gasteiger partial charge in [-0.1, -0.05) is 12.1 Å². The van der Waals surface area contributed by atoms with E-state index in [-0.39, 0.29) is 5.75 Å². The summed E-state index contributed by atoms with van der Waals surface area (Å²) in [5.41, 5.74) is 1.44. The van der Waals surface area contributed by atoms with Crippen LogP contribution in [0.1, 0.15) is 12.0 Å². The maximum Gasteiger partial charge on any atom is 0.147 e. The number of benzene rings is 1. The first kappa shape index (κ1) is 13.5. The molecule has 0 spiro atoms. The van der Waals surface area contributed by atoms with E-state index in [1.807, 2.05) is 30.1 Å². The molecule has 4 nitrogen and oxygen atoms in total. The van der Waals surface area contributed by atoms with Gasteiger partial charge in [0.15, 0.2) is 0 Å². The molecule has 0 atom stereocenters. The van der Waals surface area contributed by atoms with E-state index >= 15 is 0 Å². The minimum absolute atomic E-state index is 0.173. The molecule has 17 heavy (non-hydrogen) atoms. The van der Waals surface area contributed by atoms with Crippen molar-refractivity contribution >= 4 is 15.5 Å². The zero-order valence-electron chi connectivity index (χ0n) is 10.0. The lowest BCUT2D eigenvalue weighted by Gasteiger charge is -2.20. The Balaban J connectivity index is 2.65. The zero-order valence-corrected chi connectivity index (χ0v) is 10.9. The number of nitriles is 1. The molecule has 1 aromatic rings. The molecule has 0 heterocycles. The lowest BCUT2D eigenvalue weighted by molar-refractivity contribution is 0.599. The highest BCUT2D eigenvalue weighted by molar-refractivity contribution is 7.90. The van der Waals surface area contributed by atoms with Gasteiger partial charge in [0.05, 0.1) is 17.0 Å². The van der Waals surface area contributed by atoms with E-state index < -0.39 is 9.84 Å². The third-order valence-corrected chi connectivity index (χ3v) is 3.47. The number of sulfone groups is 1. The summed E-state index contributed by atoms with van der Waals surface area (Å²) in [4.78, 5) is 1.91. The predicted molar refractivity (Wildman–Crippen MR) is 68.8 cm³/mol. The monoisotopic (exact) mass is 252 g/mol. The van der Waals surface area contributed by atoms with Gasteiger partial charge in [-0.3, -0.25) is 0 Å². The van der Waals surface area contributed by atoms with Crippen molar-refractivity contribution in [3.8, 4) is 6.07 Å². The fraction of sp³-hybridized carbons (Fsp3) is 0.417. The van der Waals surface area contributed by atoms with E-state index in [4.69, 9.17) is 5.26 Å². The van der Waals surface area contributed by atoms with Gasteiger partial charge in [-0.05, 0) is 18.6 Å². The average molecular weight is 252 g/mol. The summed E-state index contributed by atoms with van der Waals surface area (Å²) in [5, 5.41) is 8.95. The van der Waals surface area contributed by atoms with Crippen LogP contribution in [0.4, 0.5) is 5.69 Å². The minimum Gasteiger partial charge on any atom is -0.373 e. The molecule has 1 aromatic carbocycles. The van der Waals surface area contributed by atoms with Crippen LogP contribution < -0.4 is 4.90 Å². The lowest BCUT2D eigenvalue weighted by Crippen LogP contribution is -2.21. The largest absolute Gasteiger partial charge is 0.373 e. The molecule has 0 bridgehead atoms. The van der Waals surface area contributed by atoms with Crippen molar-refractivity contribution in [2.24, 2.45) is 0 Å². The van der Waals surface area contributed by atoms with E-state index in [9.17, 15) is 8.42 Å². The molecular formula is C12H16N2O2S. The number of hydrogen-bond acceptors (Lipinski definition) is 4. The summed E-state index contributed by atoms with van der Waals surface area (Å²) >= 11 is 0. The van der Waals surface area contributed by atoms with E-state index in [2.05, 4.69) is 6.07 Å². The number of nitrogens with zero attached hydrogens (tertiary/aromatic N) is 2. The summed E-state index contributed by atoms with van der Waals surface area (Å²) in [6, 6.07) is 9.41. The van der Waals surface area contributed by atoms with Crippen molar-refractivity contribution in [3.63, 3.8) is 0 Å². The summed E-state index contributed by atoms with van der Waals surface area (Å²) in [6.45, 7) is 0.617. The van der Waals surface area contributed by atoms with Crippen molar-refractivity contribution < 1.29 is 8.42 Å². The molecule has 92 valence electrons. The van der Waals surface area contributed by atoms with Gasteiger partial charge < -0.3 is 4.90 Å². The second kappa shape index (κ2) is 5.69. The van der Waals surface area contributed by atoms with Crippen LogP contribution in [0.5, 0.6) is 0 Å². The molecular weight excluding hydrogens is 236 g/mol. The van der Waals surface area contributed by atoms with Crippen LogP contribution in [0, 0.1) is 11.3 Å². The second-order valence-electron chi connectivity index (χ2n) is 4.03. The first-order valence-corrected chi connectivity index (χ1v) is 7.38. The van der Waals surface area contributed by atoms with Gasteiger partial charge in [0.1, 0.15) is 15.9 Å². The highest BCUT2D eigenvalue weighted by Crippen LogP contribution is 2.18. The van der Waals surface area contributed by atoms with Crippen molar-refractivity contribution in [1.29, 1.82) is 5.26 Å². The van der Waals surface area contributed by atoms with Crippen LogP contribution in [0.3, 0.4) is 0 Å². The van der Waals surface area contributed by atoms with Crippen molar-refractivity contribution in [2.75, 3.05) is 30.5 Å². The Labute approximate surface area is 102 Å². The van der Waals surface area contributed by atoms with Crippen molar-refractivity contribution in [1.82, 2.24) is 0 Å². The van der Waals surface area contributed by atoms with Gasteiger partial charge in [-0.15, -0.1) is 0 Å². The van der Waals surface area contributed by atoms with Crippen molar-refractivity contribution in [3.05, 3.63) is 29.8 Å². The number of hydrogen-bond donors (Lipinski definition) is 0. The van der Waals surface area contributed by atoms with Gasteiger partial charge >= 0.3 is 0 Å². The molecule has 0 aliphatic carbocycles. The summed E-state index contributed by atoms with van der Waals surface area (Å²) in [7, 11) is -1.05. The Hall–Kier alpha value is -1.54. The van der Waals surface area contributed by atoms with E-state index in [1.165, 1.54) is 6.26 Å². The van der Waals surface area contributed by atoms with E-state index in [0.29, 0.717) is 18.5 Å². The topological polar surface area (TPSA) is 61.2 Å². The molecule has 0 saturated heterocycles. The van der Waals surface area contributed by atoms with Gasteiger partial charge in [-0.2, -0.15) is 5.26 Å². The number of anilines is 1. The molecule has 5 heteroatoms. The zero-order chi connectivity index (χ0) is 12.9.